The number of hydrogen-bond donors (Lipinski definition) is 1. The number of hydrogen-bond acceptors (Lipinski definition) is 4. The second kappa shape index (κ2) is 10.2. The van der Waals surface area contributed by atoms with Crippen molar-refractivity contribution < 1.29 is 9.53 Å². The van der Waals surface area contributed by atoms with E-state index in [0.717, 1.165) is 32.5 Å². The summed E-state index contributed by atoms with van der Waals surface area (Å²) in [6.07, 6.45) is 4.19. The molecule has 0 aliphatic rings. The highest BCUT2D eigenvalue weighted by atomic mass is 16.5. The molecule has 0 aromatic heterocycles. The normalized spacial score (nSPS) is 15.9. The maximum Gasteiger partial charge on any atom is 0.325 e. The van der Waals surface area contributed by atoms with Gasteiger partial charge in [-0.3, -0.25) is 4.79 Å². The largest absolute Gasteiger partial charge is 0.468 e. The van der Waals surface area contributed by atoms with Crippen molar-refractivity contribution in [2.75, 3.05) is 26.7 Å². The van der Waals surface area contributed by atoms with Crippen LogP contribution in [0.1, 0.15) is 60.3 Å². The molecule has 0 aliphatic heterocycles. The summed E-state index contributed by atoms with van der Waals surface area (Å²) in [5, 5.41) is 3.36. The molecule has 4 nitrogen and oxygen atoms in total. The zero-order valence-corrected chi connectivity index (χ0v) is 14.3. The van der Waals surface area contributed by atoms with Crippen LogP contribution in [-0.2, 0) is 9.53 Å². The molecule has 0 radical (unpaired) electrons. The number of ether oxygens (including phenoxy) is 1. The van der Waals surface area contributed by atoms with Gasteiger partial charge in [-0.25, -0.2) is 0 Å². The van der Waals surface area contributed by atoms with Gasteiger partial charge in [-0.15, -0.1) is 0 Å². The Labute approximate surface area is 125 Å². The molecule has 0 fully saturated rings. The second-order valence-corrected chi connectivity index (χ2v) is 5.79. The van der Waals surface area contributed by atoms with Crippen LogP contribution in [0.5, 0.6) is 0 Å². The fraction of sp³-hybridized carbons (Fsp3) is 0.938. The molecule has 0 bridgehead atoms. The zero-order chi connectivity index (χ0) is 15.6. The Morgan fingerprint density at radius 1 is 1.30 bits per heavy atom. The van der Waals surface area contributed by atoms with Gasteiger partial charge >= 0.3 is 5.97 Å². The third-order valence-electron chi connectivity index (χ3n) is 3.93. The first-order valence-electron chi connectivity index (χ1n) is 8.02. The van der Waals surface area contributed by atoms with Crippen molar-refractivity contribution in [3.05, 3.63) is 0 Å². The molecule has 0 heterocycles. The van der Waals surface area contributed by atoms with E-state index in [1.54, 1.807) is 0 Å². The minimum absolute atomic E-state index is 0.163. The summed E-state index contributed by atoms with van der Waals surface area (Å²) in [5.74, 6) is -0.163. The Morgan fingerprint density at radius 2 is 1.95 bits per heavy atom. The van der Waals surface area contributed by atoms with Crippen molar-refractivity contribution in [1.29, 1.82) is 0 Å². The Balaban J connectivity index is 4.72. The molecule has 0 aromatic carbocycles. The summed E-state index contributed by atoms with van der Waals surface area (Å²) in [6, 6.07) is 0.361. The van der Waals surface area contributed by atoms with Crippen molar-refractivity contribution in [1.82, 2.24) is 10.2 Å². The molecule has 4 heteroatoms. The zero-order valence-electron chi connectivity index (χ0n) is 14.3. The van der Waals surface area contributed by atoms with Crippen molar-refractivity contribution in [2.45, 2.75) is 71.9 Å². The van der Waals surface area contributed by atoms with Gasteiger partial charge in [-0.1, -0.05) is 27.2 Å². The number of esters is 1. The van der Waals surface area contributed by atoms with E-state index in [0.29, 0.717) is 6.04 Å². The van der Waals surface area contributed by atoms with E-state index in [1.807, 2.05) is 6.92 Å². The molecular weight excluding hydrogens is 252 g/mol. The van der Waals surface area contributed by atoms with E-state index in [-0.39, 0.29) is 5.97 Å². The Kier molecular flexibility index (Phi) is 9.86. The van der Waals surface area contributed by atoms with Gasteiger partial charge in [-0.05, 0) is 52.7 Å². The number of carbonyl (C=O) groups excluding carboxylic acids is 1. The van der Waals surface area contributed by atoms with E-state index in [2.05, 4.69) is 37.9 Å². The summed E-state index contributed by atoms with van der Waals surface area (Å²) in [7, 11) is 1.47. The average Bonchev–Trinajstić information content (AvgIpc) is 2.44. The summed E-state index contributed by atoms with van der Waals surface area (Å²) < 4.78 is 4.99. The number of methoxy groups -OCH3 is 1. The van der Waals surface area contributed by atoms with Gasteiger partial charge in [-0.2, -0.15) is 0 Å². The lowest BCUT2D eigenvalue weighted by Crippen LogP contribution is -2.54. The third kappa shape index (κ3) is 6.23. The summed E-state index contributed by atoms with van der Waals surface area (Å²) in [5.41, 5.74) is -0.593. The standard InChI is InChI=1S/C16H34N2O2/c1-7-10-12-18(9-3)14(4)13-16(5,15(19)20-6)17-11-8-2/h14,17H,7-13H2,1-6H3. The highest BCUT2D eigenvalue weighted by Gasteiger charge is 2.36. The van der Waals surface area contributed by atoms with Gasteiger partial charge in [0, 0.05) is 6.04 Å². The molecule has 20 heavy (non-hydrogen) atoms. The SMILES string of the molecule is CCCCN(CC)C(C)CC(C)(NCCC)C(=O)OC. The van der Waals surface area contributed by atoms with Crippen LogP contribution in [0.25, 0.3) is 0 Å². The van der Waals surface area contributed by atoms with Gasteiger partial charge in [0.15, 0.2) is 0 Å². The van der Waals surface area contributed by atoms with Gasteiger partial charge in [0.1, 0.15) is 5.54 Å². The van der Waals surface area contributed by atoms with Crippen LogP contribution >= 0.6 is 0 Å². The fourth-order valence-electron chi connectivity index (χ4n) is 2.63. The van der Waals surface area contributed by atoms with E-state index < -0.39 is 5.54 Å². The monoisotopic (exact) mass is 286 g/mol. The van der Waals surface area contributed by atoms with Crippen molar-refractivity contribution in [3.8, 4) is 0 Å². The van der Waals surface area contributed by atoms with Gasteiger partial charge in [0.05, 0.1) is 7.11 Å². The van der Waals surface area contributed by atoms with E-state index >= 15 is 0 Å². The fourth-order valence-corrected chi connectivity index (χ4v) is 2.63. The molecule has 0 aromatic rings. The predicted molar refractivity (Wildman–Crippen MR) is 84.9 cm³/mol. The van der Waals surface area contributed by atoms with Crippen LogP contribution < -0.4 is 5.32 Å². The van der Waals surface area contributed by atoms with Gasteiger partial charge in [0.2, 0.25) is 0 Å². The first kappa shape index (κ1) is 19.4. The Bertz CT molecular complexity index is 271. The van der Waals surface area contributed by atoms with Crippen LogP contribution in [-0.4, -0.2) is 49.2 Å². The summed E-state index contributed by atoms with van der Waals surface area (Å²) in [6.45, 7) is 13.6. The molecule has 0 rings (SSSR count). The van der Waals surface area contributed by atoms with Crippen LogP contribution in [0.4, 0.5) is 0 Å². The molecule has 0 saturated heterocycles. The first-order valence-corrected chi connectivity index (χ1v) is 8.02. The lowest BCUT2D eigenvalue weighted by Gasteiger charge is -2.35. The van der Waals surface area contributed by atoms with Crippen LogP contribution in [0, 0.1) is 0 Å². The molecule has 2 atom stereocenters. The lowest BCUT2D eigenvalue weighted by atomic mass is 9.92. The molecule has 0 amide bonds. The lowest BCUT2D eigenvalue weighted by molar-refractivity contribution is -0.148. The summed E-state index contributed by atoms with van der Waals surface area (Å²) >= 11 is 0. The van der Waals surface area contributed by atoms with Crippen LogP contribution in [0.15, 0.2) is 0 Å². The Hall–Kier alpha value is -0.610. The topological polar surface area (TPSA) is 41.6 Å². The van der Waals surface area contributed by atoms with E-state index in [1.165, 1.54) is 20.0 Å². The second-order valence-electron chi connectivity index (χ2n) is 5.79. The van der Waals surface area contributed by atoms with E-state index in [4.69, 9.17) is 4.74 Å². The van der Waals surface area contributed by atoms with Crippen molar-refractivity contribution in [2.24, 2.45) is 0 Å². The van der Waals surface area contributed by atoms with E-state index in [9.17, 15) is 4.79 Å². The molecule has 0 spiro atoms. The number of unbranched alkanes of at least 4 members (excludes halogenated alkanes) is 1. The van der Waals surface area contributed by atoms with Crippen molar-refractivity contribution >= 4 is 5.97 Å². The van der Waals surface area contributed by atoms with Crippen LogP contribution in [0.2, 0.25) is 0 Å². The number of rotatable bonds is 11. The third-order valence-corrected chi connectivity index (χ3v) is 3.93. The maximum absolute atomic E-state index is 12.1. The molecule has 1 N–H and O–H groups in total. The summed E-state index contributed by atoms with van der Waals surface area (Å²) in [4.78, 5) is 14.5. The molecule has 2 unspecified atom stereocenters. The number of nitrogens with one attached hydrogen (secondary N) is 1. The minimum atomic E-state index is -0.593. The smallest absolute Gasteiger partial charge is 0.325 e. The number of nitrogens with zero attached hydrogens (tertiary/aromatic N) is 1. The highest BCUT2D eigenvalue weighted by Crippen LogP contribution is 2.18. The minimum Gasteiger partial charge on any atom is -0.468 e. The average molecular weight is 286 g/mol. The van der Waals surface area contributed by atoms with Gasteiger partial charge < -0.3 is 15.0 Å². The highest BCUT2D eigenvalue weighted by molar-refractivity contribution is 5.80. The predicted octanol–water partition coefficient (Wildman–Crippen LogP) is 2.82. The quantitative estimate of drug-likeness (QED) is 0.593. The van der Waals surface area contributed by atoms with Crippen molar-refractivity contribution in [3.63, 3.8) is 0 Å². The Morgan fingerprint density at radius 3 is 2.40 bits per heavy atom. The van der Waals surface area contributed by atoms with Crippen LogP contribution in [0.3, 0.4) is 0 Å². The molecule has 0 saturated carbocycles. The first-order chi connectivity index (χ1) is 9.45. The maximum atomic E-state index is 12.1. The number of carbonyl (C=O) groups is 1. The molecular formula is C16H34N2O2. The molecule has 0 aliphatic carbocycles. The molecule has 120 valence electrons. The van der Waals surface area contributed by atoms with Gasteiger partial charge in [0.25, 0.3) is 0 Å².